The minimum Gasteiger partial charge on any atom is -0.462 e. The summed E-state index contributed by atoms with van der Waals surface area (Å²) in [5, 5.41) is 0. The van der Waals surface area contributed by atoms with E-state index >= 15 is 0 Å². The van der Waals surface area contributed by atoms with Crippen molar-refractivity contribution in [2.45, 2.75) is 174 Å². The van der Waals surface area contributed by atoms with Gasteiger partial charge in [-0.1, -0.05) is 162 Å². The molecule has 336 valence electrons. The topological polar surface area (TPSA) is 134 Å². The number of esters is 2. The number of hydrogen-bond donors (Lipinski definition) is 2. The molecule has 0 rings (SSSR count). The van der Waals surface area contributed by atoms with Crippen LogP contribution in [0.15, 0.2) is 97.2 Å². The van der Waals surface area contributed by atoms with Crippen molar-refractivity contribution < 1.29 is 37.6 Å². The molecule has 3 N–H and O–H groups in total. The Bertz CT molecular complexity index is 1280. The number of carbonyl (C=O) groups is 2. The molecule has 0 aromatic rings. The molecule has 0 bridgehead atoms. The molecule has 2 atom stereocenters. The van der Waals surface area contributed by atoms with Crippen molar-refractivity contribution in [2.24, 2.45) is 5.73 Å². The Morgan fingerprint density at radius 2 is 0.881 bits per heavy atom. The molecule has 10 heteroatoms. The highest BCUT2D eigenvalue weighted by Gasteiger charge is 2.26. The van der Waals surface area contributed by atoms with Crippen LogP contribution in [0.4, 0.5) is 0 Å². The van der Waals surface area contributed by atoms with Crippen LogP contribution in [0.1, 0.15) is 168 Å². The molecule has 0 aliphatic heterocycles. The van der Waals surface area contributed by atoms with E-state index in [9.17, 15) is 19.0 Å². The zero-order chi connectivity index (χ0) is 43.2. The molecule has 2 unspecified atom stereocenters. The number of nitrogens with two attached hydrogens (primary N) is 1. The van der Waals surface area contributed by atoms with E-state index in [-0.39, 0.29) is 32.6 Å². The van der Waals surface area contributed by atoms with Gasteiger partial charge in [-0.15, -0.1) is 0 Å². The predicted octanol–water partition coefficient (Wildman–Crippen LogP) is 13.4. The Kier molecular flexibility index (Phi) is 42.2. The summed E-state index contributed by atoms with van der Waals surface area (Å²) in [5.74, 6) is -0.870. The maximum Gasteiger partial charge on any atom is 0.472 e. The number of ether oxygens (including phenoxy) is 2. The molecule has 0 radical (unpaired) electrons. The summed E-state index contributed by atoms with van der Waals surface area (Å²) in [6, 6.07) is 0. The Labute approximate surface area is 359 Å². The first-order valence-corrected chi connectivity index (χ1v) is 24.2. The van der Waals surface area contributed by atoms with Gasteiger partial charge < -0.3 is 20.1 Å². The van der Waals surface area contributed by atoms with Gasteiger partial charge in [-0.05, 0) is 89.9 Å². The molecule has 0 aromatic carbocycles. The predicted molar refractivity (Wildman–Crippen MR) is 247 cm³/mol. The third-order valence-corrected chi connectivity index (χ3v) is 9.95. The maximum atomic E-state index is 12.6. The molecular formula is C49H82NO8P. The van der Waals surface area contributed by atoms with E-state index in [1.165, 1.54) is 19.3 Å². The first kappa shape index (κ1) is 55.9. The lowest BCUT2D eigenvalue weighted by Crippen LogP contribution is -2.29. The fraction of sp³-hybridized carbons (Fsp3) is 0.633. The van der Waals surface area contributed by atoms with Crippen LogP contribution in [0.3, 0.4) is 0 Å². The second-order valence-corrected chi connectivity index (χ2v) is 16.0. The van der Waals surface area contributed by atoms with Crippen LogP contribution in [-0.2, 0) is 32.7 Å². The number of unbranched alkanes of at least 4 members (excludes halogenated alkanes) is 12. The molecule has 0 aromatic heterocycles. The van der Waals surface area contributed by atoms with Crippen LogP contribution in [0.2, 0.25) is 0 Å². The highest BCUT2D eigenvalue weighted by Crippen LogP contribution is 2.43. The van der Waals surface area contributed by atoms with Gasteiger partial charge in [0.15, 0.2) is 6.10 Å². The summed E-state index contributed by atoms with van der Waals surface area (Å²) >= 11 is 0. The highest BCUT2D eigenvalue weighted by molar-refractivity contribution is 7.47. The van der Waals surface area contributed by atoms with Crippen molar-refractivity contribution in [3.8, 4) is 0 Å². The first-order chi connectivity index (χ1) is 28.8. The van der Waals surface area contributed by atoms with Gasteiger partial charge in [0.1, 0.15) is 6.61 Å². The van der Waals surface area contributed by atoms with Gasteiger partial charge in [0.2, 0.25) is 0 Å². The number of hydrogen-bond acceptors (Lipinski definition) is 8. The highest BCUT2D eigenvalue weighted by atomic mass is 31.2. The molecule has 0 saturated carbocycles. The normalized spacial score (nSPS) is 14.2. The fourth-order valence-electron chi connectivity index (χ4n) is 5.67. The third kappa shape index (κ3) is 44.3. The largest absolute Gasteiger partial charge is 0.472 e. The van der Waals surface area contributed by atoms with Crippen LogP contribution < -0.4 is 5.73 Å². The number of phosphoric acid groups is 1. The van der Waals surface area contributed by atoms with Crippen LogP contribution in [0.5, 0.6) is 0 Å². The number of carbonyl (C=O) groups excluding carboxylic acids is 2. The zero-order valence-electron chi connectivity index (χ0n) is 36.9. The van der Waals surface area contributed by atoms with E-state index in [1.807, 2.05) is 0 Å². The lowest BCUT2D eigenvalue weighted by Gasteiger charge is -2.19. The summed E-state index contributed by atoms with van der Waals surface area (Å²) in [7, 11) is -4.39. The van der Waals surface area contributed by atoms with Gasteiger partial charge >= 0.3 is 19.8 Å². The summed E-state index contributed by atoms with van der Waals surface area (Å²) in [4.78, 5) is 34.9. The minimum absolute atomic E-state index is 0.0432. The van der Waals surface area contributed by atoms with Crippen LogP contribution in [0.25, 0.3) is 0 Å². The van der Waals surface area contributed by atoms with Gasteiger partial charge in [-0.2, -0.15) is 0 Å². The Morgan fingerprint density at radius 3 is 1.31 bits per heavy atom. The molecule has 0 heterocycles. The van der Waals surface area contributed by atoms with Crippen molar-refractivity contribution >= 4 is 19.8 Å². The van der Waals surface area contributed by atoms with E-state index < -0.39 is 32.5 Å². The lowest BCUT2D eigenvalue weighted by molar-refractivity contribution is -0.161. The quantitative estimate of drug-likeness (QED) is 0.0267. The summed E-state index contributed by atoms with van der Waals surface area (Å²) in [5.41, 5.74) is 5.35. The standard InChI is InChI=1S/C49H82NO8P/c1-3-5-7-9-11-13-15-17-19-20-21-22-23-24-25-26-28-30-32-34-36-38-40-42-49(52)58-47(46-57-59(53,54)56-44-43-50)45-55-48(51)41-39-37-35-33-31-29-27-18-16-14-12-10-8-6-4-2/h5-8,11-14,17-19,21-22,24-25,27,47H,3-4,9-10,15-16,20,23,26,28-46,50H2,1-2H3,(H,53,54)/b7-5-,8-6-,13-11-,14-12-,19-17-,22-21-,25-24-,27-18-. The first-order valence-electron chi connectivity index (χ1n) is 22.7. The lowest BCUT2D eigenvalue weighted by atomic mass is 10.1. The molecule has 59 heavy (non-hydrogen) atoms. The van der Waals surface area contributed by atoms with Crippen LogP contribution in [-0.4, -0.2) is 49.3 Å². The maximum absolute atomic E-state index is 12.6. The Hall–Kier alpha value is -3.07. The fourth-order valence-corrected chi connectivity index (χ4v) is 6.44. The molecule has 0 aliphatic carbocycles. The van der Waals surface area contributed by atoms with Crippen LogP contribution in [0, 0.1) is 0 Å². The molecule has 9 nitrogen and oxygen atoms in total. The second-order valence-electron chi connectivity index (χ2n) is 14.5. The zero-order valence-corrected chi connectivity index (χ0v) is 37.8. The van der Waals surface area contributed by atoms with Gasteiger partial charge in [0.05, 0.1) is 13.2 Å². The van der Waals surface area contributed by atoms with Gasteiger partial charge in [0, 0.05) is 19.4 Å². The van der Waals surface area contributed by atoms with Crippen molar-refractivity contribution in [3.63, 3.8) is 0 Å². The van der Waals surface area contributed by atoms with Crippen LogP contribution >= 0.6 is 7.82 Å². The second kappa shape index (κ2) is 44.5. The molecule has 0 spiro atoms. The number of phosphoric ester groups is 1. The van der Waals surface area contributed by atoms with E-state index in [4.69, 9.17) is 24.3 Å². The Morgan fingerprint density at radius 1 is 0.508 bits per heavy atom. The third-order valence-electron chi connectivity index (χ3n) is 8.97. The minimum atomic E-state index is -4.39. The van der Waals surface area contributed by atoms with Gasteiger partial charge in [-0.25, -0.2) is 4.57 Å². The summed E-state index contributed by atoms with van der Waals surface area (Å²) in [6.45, 7) is 3.45. The smallest absolute Gasteiger partial charge is 0.462 e. The van der Waals surface area contributed by atoms with Crippen molar-refractivity contribution in [2.75, 3.05) is 26.4 Å². The van der Waals surface area contributed by atoms with Gasteiger partial charge in [-0.3, -0.25) is 18.6 Å². The van der Waals surface area contributed by atoms with E-state index in [2.05, 4.69) is 111 Å². The summed E-state index contributed by atoms with van der Waals surface area (Å²) < 4.78 is 32.8. The van der Waals surface area contributed by atoms with E-state index in [1.54, 1.807) is 0 Å². The van der Waals surface area contributed by atoms with E-state index in [0.29, 0.717) is 12.8 Å². The average molecular weight is 844 g/mol. The SMILES string of the molecule is CC/C=C\C/C=C\C/C=C\C/C=C\C/C=C\CCCCCCCCCC(=O)OC(COC(=O)CCCCCCC/C=C\C/C=C\C/C=C\CC)COP(=O)(O)OCCN. The van der Waals surface area contributed by atoms with Crippen molar-refractivity contribution in [1.29, 1.82) is 0 Å². The van der Waals surface area contributed by atoms with Gasteiger partial charge in [0.25, 0.3) is 0 Å². The number of rotatable bonds is 41. The molecule has 0 fully saturated rings. The number of allylic oxidation sites excluding steroid dienone is 16. The monoisotopic (exact) mass is 844 g/mol. The van der Waals surface area contributed by atoms with E-state index in [0.717, 1.165) is 109 Å². The summed E-state index contributed by atoms with van der Waals surface area (Å²) in [6.07, 6.45) is 57.2. The van der Waals surface area contributed by atoms with Crippen molar-refractivity contribution in [3.05, 3.63) is 97.2 Å². The average Bonchev–Trinajstić information content (AvgIpc) is 3.22. The molecule has 0 amide bonds. The molecule has 0 aliphatic rings. The molecule has 0 saturated heterocycles. The molecular weight excluding hydrogens is 762 g/mol. The van der Waals surface area contributed by atoms with Crippen molar-refractivity contribution in [1.82, 2.24) is 0 Å². The Balaban J connectivity index is 4.18.